The third kappa shape index (κ3) is 3.53. The molecule has 1 saturated heterocycles. The van der Waals surface area contributed by atoms with E-state index in [0.29, 0.717) is 49.4 Å². The minimum atomic E-state index is -1.08. The molecule has 0 aliphatic carbocycles. The van der Waals surface area contributed by atoms with Gasteiger partial charge in [0.2, 0.25) is 0 Å². The van der Waals surface area contributed by atoms with Crippen molar-refractivity contribution in [2.75, 3.05) is 18.8 Å². The van der Waals surface area contributed by atoms with Gasteiger partial charge < -0.3 is 20.5 Å². The molecule has 0 spiro atoms. The Balaban J connectivity index is 1.81. The fourth-order valence-electron chi connectivity index (χ4n) is 3.19. The third-order valence-corrected chi connectivity index (χ3v) is 4.42. The van der Waals surface area contributed by atoms with Gasteiger partial charge in [0, 0.05) is 13.1 Å². The van der Waals surface area contributed by atoms with Crippen molar-refractivity contribution in [2.24, 2.45) is 0 Å². The molecule has 136 valence electrons. The minimum absolute atomic E-state index is 0.344. The van der Waals surface area contributed by atoms with Crippen LogP contribution in [0.1, 0.15) is 45.7 Å². The highest BCUT2D eigenvalue weighted by atomic mass is 16.6. The number of amides is 1. The van der Waals surface area contributed by atoms with Crippen molar-refractivity contribution in [1.29, 1.82) is 0 Å². The summed E-state index contributed by atoms with van der Waals surface area (Å²) in [4.78, 5) is 17.9. The summed E-state index contributed by atoms with van der Waals surface area (Å²) >= 11 is 0. The van der Waals surface area contributed by atoms with Crippen LogP contribution in [-0.4, -0.2) is 49.4 Å². The molecule has 8 heteroatoms. The fourth-order valence-corrected chi connectivity index (χ4v) is 3.19. The average molecular weight is 347 g/mol. The van der Waals surface area contributed by atoms with Crippen molar-refractivity contribution < 1.29 is 14.6 Å². The second-order valence-electron chi connectivity index (χ2n) is 7.51. The largest absolute Gasteiger partial charge is 0.444 e. The Morgan fingerprint density at radius 1 is 1.32 bits per heavy atom. The molecule has 3 N–H and O–H groups in total. The van der Waals surface area contributed by atoms with Gasteiger partial charge in [-0.1, -0.05) is 0 Å². The average Bonchev–Trinajstić information content (AvgIpc) is 2.85. The van der Waals surface area contributed by atoms with Gasteiger partial charge in [-0.2, -0.15) is 5.10 Å². The number of hydrogen-bond acceptors (Lipinski definition) is 6. The van der Waals surface area contributed by atoms with Crippen LogP contribution in [0.3, 0.4) is 0 Å². The van der Waals surface area contributed by atoms with Gasteiger partial charge in [-0.05, 0) is 52.2 Å². The Morgan fingerprint density at radius 3 is 2.80 bits per heavy atom. The van der Waals surface area contributed by atoms with Crippen molar-refractivity contribution in [3.05, 3.63) is 24.2 Å². The number of fused-ring (bicyclic) bond motifs is 1. The molecule has 1 aliphatic heterocycles. The maximum Gasteiger partial charge on any atom is 0.410 e. The molecule has 1 atom stereocenters. The first-order chi connectivity index (χ1) is 11.7. The Morgan fingerprint density at radius 2 is 2.08 bits per heavy atom. The zero-order valence-electron chi connectivity index (χ0n) is 14.9. The molecule has 3 heterocycles. The molecule has 0 aromatic carbocycles. The number of carbonyl (C=O) groups excluding carboxylic acids is 1. The van der Waals surface area contributed by atoms with E-state index in [1.54, 1.807) is 15.5 Å². The Bertz CT molecular complexity index is 782. The normalized spacial score (nSPS) is 22.0. The monoisotopic (exact) mass is 347 g/mol. The summed E-state index contributed by atoms with van der Waals surface area (Å²) in [6.07, 6.45) is 2.64. The van der Waals surface area contributed by atoms with Crippen LogP contribution < -0.4 is 5.73 Å². The molecule has 0 radical (unpaired) electrons. The molecule has 1 amide bonds. The van der Waals surface area contributed by atoms with Gasteiger partial charge in [0.1, 0.15) is 23.0 Å². The summed E-state index contributed by atoms with van der Waals surface area (Å²) < 4.78 is 7.07. The first-order valence-corrected chi connectivity index (χ1v) is 8.49. The summed E-state index contributed by atoms with van der Waals surface area (Å²) in [6.45, 7) is 6.50. The van der Waals surface area contributed by atoms with Gasteiger partial charge in [-0.3, -0.25) is 0 Å². The van der Waals surface area contributed by atoms with Gasteiger partial charge in [0.05, 0.1) is 5.69 Å². The lowest BCUT2D eigenvalue weighted by molar-refractivity contribution is 0.00920. The summed E-state index contributed by atoms with van der Waals surface area (Å²) in [5, 5.41) is 15.4. The number of ether oxygens (including phenoxy) is 1. The quantitative estimate of drug-likeness (QED) is 0.816. The van der Waals surface area contributed by atoms with E-state index in [1.165, 1.54) is 6.33 Å². The van der Waals surface area contributed by atoms with Gasteiger partial charge >= 0.3 is 6.09 Å². The number of carbonyl (C=O) groups is 1. The van der Waals surface area contributed by atoms with Crippen LogP contribution >= 0.6 is 0 Å². The van der Waals surface area contributed by atoms with Crippen molar-refractivity contribution in [3.8, 4) is 0 Å². The van der Waals surface area contributed by atoms with Crippen LogP contribution in [-0.2, 0) is 10.3 Å². The van der Waals surface area contributed by atoms with Crippen LogP contribution in [0.4, 0.5) is 10.6 Å². The molecule has 1 aliphatic rings. The van der Waals surface area contributed by atoms with Crippen molar-refractivity contribution in [2.45, 2.75) is 51.2 Å². The first-order valence-electron chi connectivity index (χ1n) is 8.49. The van der Waals surface area contributed by atoms with E-state index in [0.717, 1.165) is 0 Å². The van der Waals surface area contributed by atoms with Crippen molar-refractivity contribution >= 4 is 17.4 Å². The standard InChI is InChI=1S/C17H25N5O3/c1-16(2,3)25-15(23)21-9-4-7-17(24,8-10-21)13-6-5-12-14(18)19-11-20-22(12)13/h5-6,11,24H,4,7-10H2,1-3H3,(H2,18,19,20). The Hall–Kier alpha value is -2.35. The van der Waals surface area contributed by atoms with E-state index in [2.05, 4.69) is 10.1 Å². The molecule has 3 rings (SSSR count). The van der Waals surface area contributed by atoms with E-state index in [9.17, 15) is 9.90 Å². The predicted molar refractivity (Wildman–Crippen MR) is 93.0 cm³/mol. The van der Waals surface area contributed by atoms with Gasteiger partial charge in [-0.25, -0.2) is 14.3 Å². The topological polar surface area (TPSA) is 106 Å². The SMILES string of the molecule is CC(C)(C)OC(=O)N1CCCC(O)(c2ccc3c(N)ncnn23)CC1. The third-order valence-electron chi connectivity index (χ3n) is 4.42. The molecular formula is C17H25N5O3. The van der Waals surface area contributed by atoms with Crippen LogP contribution in [0.15, 0.2) is 18.5 Å². The molecule has 2 aromatic heterocycles. The lowest BCUT2D eigenvalue weighted by Crippen LogP contribution is -2.38. The number of nitrogens with two attached hydrogens (primary N) is 1. The van der Waals surface area contributed by atoms with Crippen molar-refractivity contribution in [1.82, 2.24) is 19.5 Å². The van der Waals surface area contributed by atoms with Crippen LogP contribution in [0.25, 0.3) is 5.52 Å². The molecule has 1 fully saturated rings. The maximum atomic E-state index is 12.3. The number of likely N-dealkylation sites (tertiary alicyclic amines) is 1. The number of nitrogen functional groups attached to an aromatic ring is 1. The number of hydrogen-bond donors (Lipinski definition) is 2. The molecule has 2 aromatic rings. The Kier molecular flexibility index (Phi) is 4.32. The lowest BCUT2D eigenvalue weighted by Gasteiger charge is -2.28. The second kappa shape index (κ2) is 6.18. The minimum Gasteiger partial charge on any atom is -0.444 e. The molecule has 25 heavy (non-hydrogen) atoms. The van der Waals surface area contributed by atoms with Crippen molar-refractivity contribution in [3.63, 3.8) is 0 Å². The smallest absolute Gasteiger partial charge is 0.410 e. The highest BCUT2D eigenvalue weighted by Crippen LogP contribution is 2.34. The number of anilines is 1. The molecule has 0 bridgehead atoms. The van der Waals surface area contributed by atoms with Crippen LogP contribution in [0.5, 0.6) is 0 Å². The highest BCUT2D eigenvalue weighted by molar-refractivity contribution is 5.68. The van der Waals surface area contributed by atoms with E-state index < -0.39 is 11.2 Å². The van der Waals surface area contributed by atoms with E-state index >= 15 is 0 Å². The summed E-state index contributed by atoms with van der Waals surface area (Å²) in [7, 11) is 0. The zero-order chi connectivity index (χ0) is 18.2. The van der Waals surface area contributed by atoms with E-state index in [4.69, 9.17) is 10.5 Å². The summed E-state index contributed by atoms with van der Waals surface area (Å²) in [5.41, 5.74) is 5.59. The molecule has 8 nitrogen and oxygen atoms in total. The van der Waals surface area contributed by atoms with Gasteiger partial charge in [0.15, 0.2) is 5.82 Å². The van der Waals surface area contributed by atoms with Crippen LogP contribution in [0.2, 0.25) is 0 Å². The van der Waals surface area contributed by atoms with Gasteiger partial charge in [-0.15, -0.1) is 0 Å². The second-order valence-corrected chi connectivity index (χ2v) is 7.51. The zero-order valence-corrected chi connectivity index (χ0v) is 14.9. The maximum absolute atomic E-state index is 12.3. The number of aliphatic hydroxyl groups is 1. The summed E-state index contributed by atoms with van der Waals surface area (Å²) in [6, 6.07) is 3.63. The molecule has 0 saturated carbocycles. The number of aromatic nitrogens is 3. The van der Waals surface area contributed by atoms with E-state index in [1.807, 2.05) is 26.8 Å². The van der Waals surface area contributed by atoms with E-state index in [-0.39, 0.29) is 6.09 Å². The molecular weight excluding hydrogens is 322 g/mol. The number of nitrogens with zero attached hydrogens (tertiary/aromatic N) is 4. The summed E-state index contributed by atoms with van der Waals surface area (Å²) in [5.74, 6) is 0.369. The first kappa shape index (κ1) is 17.5. The van der Waals surface area contributed by atoms with Gasteiger partial charge in [0.25, 0.3) is 0 Å². The van der Waals surface area contributed by atoms with Crippen LogP contribution in [0, 0.1) is 0 Å². The molecule has 1 unspecified atom stereocenters. The Labute approximate surface area is 146 Å². The highest BCUT2D eigenvalue weighted by Gasteiger charge is 2.36. The predicted octanol–water partition coefficient (Wildman–Crippen LogP) is 1.92. The lowest BCUT2D eigenvalue weighted by atomic mass is 9.91. The number of rotatable bonds is 1. The fraction of sp³-hybridized carbons (Fsp3) is 0.588.